The molecule has 6 nitrogen and oxygen atoms in total. The van der Waals surface area contributed by atoms with Crippen LogP contribution in [0.2, 0.25) is 0 Å². The summed E-state index contributed by atoms with van der Waals surface area (Å²) in [5.41, 5.74) is 0.627. The zero-order valence-corrected chi connectivity index (χ0v) is 15.6. The quantitative estimate of drug-likeness (QED) is 0.664. The fourth-order valence-corrected chi connectivity index (χ4v) is 2.58. The highest BCUT2D eigenvalue weighted by Gasteiger charge is 2.34. The lowest BCUT2D eigenvalue weighted by Gasteiger charge is -2.29. The normalized spacial score (nSPS) is 13.6. The van der Waals surface area contributed by atoms with Gasteiger partial charge in [0.1, 0.15) is 12.2 Å². The fraction of sp³-hybridized carbons (Fsp3) is 0.667. The van der Waals surface area contributed by atoms with Gasteiger partial charge in [-0.1, -0.05) is 13.8 Å². The second-order valence-corrected chi connectivity index (χ2v) is 6.40. The molecular weight excluding hydrogens is 308 g/mol. The van der Waals surface area contributed by atoms with Crippen molar-refractivity contribution in [2.24, 2.45) is 5.92 Å². The molecule has 1 N–H and O–H groups in total. The molecule has 0 aromatic carbocycles. The van der Waals surface area contributed by atoms with Gasteiger partial charge in [-0.15, -0.1) is 0 Å². The molecule has 1 rings (SSSR count). The number of anilines is 1. The van der Waals surface area contributed by atoms with E-state index in [1.54, 1.807) is 13.3 Å². The first kappa shape index (κ1) is 20.4. The monoisotopic (exact) mass is 338 g/mol. The second-order valence-electron chi connectivity index (χ2n) is 6.40. The fourth-order valence-electron chi connectivity index (χ4n) is 2.58. The van der Waals surface area contributed by atoms with Crippen molar-refractivity contribution >= 4 is 11.6 Å². The maximum absolute atomic E-state index is 12.7. The summed E-state index contributed by atoms with van der Waals surface area (Å²) in [5.74, 6) is 0.732. The zero-order chi connectivity index (χ0) is 18.2. The van der Waals surface area contributed by atoms with Gasteiger partial charge in [0.25, 0.3) is 5.91 Å². The van der Waals surface area contributed by atoms with Crippen LogP contribution in [0.15, 0.2) is 12.3 Å². The Morgan fingerprint density at radius 2 is 2.08 bits per heavy atom. The van der Waals surface area contributed by atoms with Crippen molar-refractivity contribution < 1.29 is 19.0 Å². The van der Waals surface area contributed by atoms with Crippen LogP contribution in [0.4, 0.5) is 5.69 Å². The summed E-state index contributed by atoms with van der Waals surface area (Å²) in [6.07, 6.45) is 2.24. The van der Waals surface area contributed by atoms with E-state index in [1.807, 2.05) is 26.8 Å². The van der Waals surface area contributed by atoms with Gasteiger partial charge in [-0.3, -0.25) is 4.79 Å². The number of aryl methyl sites for hydroxylation is 1. The minimum atomic E-state index is -0.857. The molecule has 1 aromatic heterocycles. The largest absolute Gasteiger partial charge is 0.475 e. The van der Waals surface area contributed by atoms with Crippen LogP contribution in [0, 0.1) is 12.8 Å². The van der Waals surface area contributed by atoms with E-state index in [9.17, 15) is 4.79 Å². The molecule has 1 atom stereocenters. The van der Waals surface area contributed by atoms with E-state index in [0.29, 0.717) is 43.7 Å². The van der Waals surface area contributed by atoms with Crippen LogP contribution < -0.4 is 10.1 Å². The number of hydrogen-bond donors (Lipinski definition) is 1. The van der Waals surface area contributed by atoms with Crippen LogP contribution in [0.3, 0.4) is 0 Å². The molecule has 0 unspecified atom stereocenters. The number of amides is 1. The molecule has 1 aromatic rings. The average Bonchev–Trinajstić information content (AvgIpc) is 2.49. The molecule has 0 aliphatic carbocycles. The van der Waals surface area contributed by atoms with Gasteiger partial charge in [-0.2, -0.15) is 0 Å². The third-order valence-corrected chi connectivity index (χ3v) is 3.56. The summed E-state index contributed by atoms with van der Waals surface area (Å²) in [4.78, 5) is 16.9. The first-order valence-corrected chi connectivity index (χ1v) is 8.36. The number of carbonyl (C=O) groups is 1. The van der Waals surface area contributed by atoms with Crippen molar-refractivity contribution in [3.63, 3.8) is 0 Å². The first-order valence-electron chi connectivity index (χ1n) is 8.36. The predicted molar refractivity (Wildman–Crippen MR) is 94.5 cm³/mol. The Labute approximate surface area is 144 Å². The van der Waals surface area contributed by atoms with E-state index < -0.39 is 5.60 Å². The average molecular weight is 338 g/mol. The summed E-state index contributed by atoms with van der Waals surface area (Å²) < 4.78 is 16.2. The Kier molecular flexibility index (Phi) is 8.15. The predicted octanol–water partition coefficient (Wildman–Crippen LogP) is 3.20. The molecule has 0 radical (unpaired) electrons. The number of aromatic nitrogens is 1. The van der Waals surface area contributed by atoms with Gasteiger partial charge in [0, 0.05) is 19.3 Å². The molecule has 0 spiro atoms. The van der Waals surface area contributed by atoms with Gasteiger partial charge in [-0.05, 0) is 39.2 Å². The molecule has 6 heteroatoms. The van der Waals surface area contributed by atoms with Gasteiger partial charge in [0.15, 0.2) is 0 Å². The van der Waals surface area contributed by atoms with Crippen LogP contribution in [-0.4, -0.2) is 43.4 Å². The molecule has 0 aliphatic rings. The Morgan fingerprint density at radius 3 is 2.62 bits per heavy atom. The van der Waals surface area contributed by atoms with E-state index in [4.69, 9.17) is 14.2 Å². The smallest absolute Gasteiger partial charge is 0.256 e. The van der Waals surface area contributed by atoms with E-state index in [2.05, 4.69) is 24.1 Å². The topological polar surface area (TPSA) is 69.7 Å². The standard InChI is InChI=1S/C18H30N2O4/c1-7-24-18(5,11-13(2)3)17(21)20-15-10-14(4)16(19-12-15)23-9-8-22-6/h10,12-13H,7-9,11H2,1-6H3,(H,20,21)/t18-/m1/s1. The second kappa shape index (κ2) is 9.59. The van der Waals surface area contributed by atoms with Crippen LogP contribution in [0.5, 0.6) is 5.88 Å². The van der Waals surface area contributed by atoms with Crippen LogP contribution in [-0.2, 0) is 14.3 Å². The zero-order valence-electron chi connectivity index (χ0n) is 15.6. The Balaban J connectivity index is 2.79. The van der Waals surface area contributed by atoms with E-state index in [0.717, 1.165) is 5.56 Å². The van der Waals surface area contributed by atoms with Crippen LogP contribution in [0.1, 0.15) is 39.7 Å². The van der Waals surface area contributed by atoms with Crippen molar-refractivity contribution in [2.45, 2.75) is 46.6 Å². The minimum absolute atomic E-state index is 0.160. The Morgan fingerprint density at radius 1 is 1.38 bits per heavy atom. The highest BCUT2D eigenvalue weighted by molar-refractivity contribution is 5.97. The number of ether oxygens (including phenoxy) is 3. The lowest BCUT2D eigenvalue weighted by molar-refractivity contribution is -0.140. The molecule has 1 amide bonds. The molecule has 136 valence electrons. The number of pyridine rings is 1. The van der Waals surface area contributed by atoms with Crippen molar-refractivity contribution in [3.05, 3.63) is 17.8 Å². The molecule has 0 bridgehead atoms. The van der Waals surface area contributed by atoms with Crippen molar-refractivity contribution in [3.8, 4) is 5.88 Å². The van der Waals surface area contributed by atoms with E-state index >= 15 is 0 Å². The highest BCUT2D eigenvalue weighted by atomic mass is 16.5. The molecule has 0 aliphatic heterocycles. The number of hydrogen-bond acceptors (Lipinski definition) is 5. The number of carbonyl (C=O) groups excluding carboxylic acids is 1. The Hall–Kier alpha value is -1.66. The number of nitrogens with zero attached hydrogens (tertiary/aromatic N) is 1. The maximum atomic E-state index is 12.7. The summed E-state index contributed by atoms with van der Waals surface area (Å²) in [7, 11) is 1.62. The van der Waals surface area contributed by atoms with Gasteiger partial charge < -0.3 is 19.5 Å². The third kappa shape index (κ3) is 6.09. The third-order valence-electron chi connectivity index (χ3n) is 3.56. The molecule has 0 saturated heterocycles. The number of rotatable bonds is 10. The molecular formula is C18H30N2O4. The van der Waals surface area contributed by atoms with Gasteiger partial charge >= 0.3 is 0 Å². The SMILES string of the molecule is CCO[C@](C)(CC(C)C)C(=O)Nc1cnc(OCCOC)c(C)c1. The summed E-state index contributed by atoms with van der Waals surface area (Å²) >= 11 is 0. The van der Waals surface area contributed by atoms with Gasteiger partial charge in [-0.25, -0.2) is 4.98 Å². The van der Waals surface area contributed by atoms with Gasteiger partial charge in [0.05, 0.1) is 18.5 Å². The van der Waals surface area contributed by atoms with Crippen molar-refractivity contribution in [1.82, 2.24) is 4.98 Å². The van der Waals surface area contributed by atoms with Crippen molar-refractivity contribution in [1.29, 1.82) is 0 Å². The van der Waals surface area contributed by atoms with Crippen LogP contribution in [0.25, 0.3) is 0 Å². The number of nitrogens with one attached hydrogen (secondary N) is 1. The molecule has 0 fully saturated rings. The summed E-state index contributed by atoms with van der Waals surface area (Å²) in [6.45, 7) is 11.2. The highest BCUT2D eigenvalue weighted by Crippen LogP contribution is 2.24. The van der Waals surface area contributed by atoms with Crippen molar-refractivity contribution in [2.75, 3.05) is 32.2 Å². The lowest BCUT2D eigenvalue weighted by atomic mass is 9.93. The Bertz CT molecular complexity index is 534. The van der Waals surface area contributed by atoms with Crippen LogP contribution >= 0.6 is 0 Å². The first-order chi connectivity index (χ1) is 11.3. The van der Waals surface area contributed by atoms with E-state index in [-0.39, 0.29) is 5.91 Å². The molecule has 24 heavy (non-hydrogen) atoms. The lowest BCUT2D eigenvalue weighted by Crippen LogP contribution is -2.44. The maximum Gasteiger partial charge on any atom is 0.256 e. The minimum Gasteiger partial charge on any atom is -0.475 e. The number of methoxy groups -OCH3 is 1. The summed E-state index contributed by atoms with van der Waals surface area (Å²) in [5, 5.41) is 2.90. The van der Waals surface area contributed by atoms with E-state index in [1.165, 1.54) is 0 Å². The summed E-state index contributed by atoms with van der Waals surface area (Å²) in [6, 6.07) is 1.84. The molecule has 0 saturated carbocycles. The molecule has 1 heterocycles. The van der Waals surface area contributed by atoms with Gasteiger partial charge in [0.2, 0.25) is 5.88 Å².